The maximum absolute atomic E-state index is 6.37. The van der Waals surface area contributed by atoms with Crippen molar-refractivity contribution in [2.45, 2.75) is 39.5 Å². The first kappa shape index (κ1) is 13.3. The normalized spacial score (nSPS) is 16.4. The molecule has 0 bridgehead atoms. The van der Waals surface area contributed by atoms with Gasteiger partial charge in [0, 0.05) is 4.88 Å². The van der Waals surface area contributed by atoms with Crippen LogP contribution >= 0.6 is 34.5 Å². The number of alkyl halides is 1. The number of thiophene rings is 1. The molecule has 15 heavy (non-hydrogen) atoms. The molecular formula is C12H18Cl2S. The lowest BCUT2D eigenvalue weighted by molar-refractivity contribution is 0.245. The van der Waals surface area contributed by atoms with Crippen LogP contribution in [0, 0.1) is 11.3 Å². The van der Waals surface area contributed by atoms with Gasteiger partial charge in [0.2, 0.25) is 0 Å². The molecule has 0 aromatic carbocycles. The maximum atomic E-state index is 6.37. The minimum absolute atomic E-state index is 0.0942. The van der Waals surface area contributed by atoms with Gasteiger partial charge < -0.3 is 0 Å². The Bertz CT molecular complexity index is 312. The fraction of sp³-hybridized carbons (Fsp3) is 0.667. The summed E-state index contributed by atoms with van der Waals surface area (Å²) in [6, 6.07) is 3.94. The summed E-state index contributed by atoms with van der Waals surface area (Å²) in [5.41, 5.74) is 0.314. The van der Waals surface area contributed by atoms with E-state index in [2.05, 4.69) is 27.7 Å². The highest BCUT2D eigenvalue weighted by Gasteiger charge is 2.23. The minimum Gasteiger partial charge on any atom is -0.127 e. The smallest absolute Gasteiger partial charge is 0.0931 e. The lowest BCUT2D eigenvalue weighted by Gasteiger charge is -2.28. The van der Waals surface area contributed by atoms with E-state index in [0.29, 0.717) is 11.3 Å². The lowest BCUT2D eigenvalue weighted by Crippen LogP contribution is -2.18. The van der Waals surface area contributed by atoms with Gasteiger partial charge in [0.05, 0.1) is 9.71 Å². The SMILES string of the molecule is CC(CC(Cl)c1ccc(Cl)s1)C(C)(C)C. The van der Waals surface area contributed by atoms with Crippen molar-refractivity contribution in [3.05, 3.63) is 21.3 Å². The van der Waals surface area contributed by atoms with Gasteiger partial charge in [0.15, 0.2) is 0 Å². The van der Waals surface area contributed by atoms with E-state index in [-0.39, 0.29) is 5.38 Å². The molecule has 0 fully saturated rings. The Morgan fingerprint density at radius 2 is 1.93 bits per heavy atom. The Morgan fingerprint density at radius 3 is 2.33 bits per heavy atom. The van der Waals surface area contributed by atoms with Gasteiger partial charge >= 0.3 is 0 Å². The molecule has 1 aromatic heterocycles. The van der Waals surface area contributed by atoms with Crippen LogP contribution in [0.15, 0.2) is 12.1 Å². The third-order valence-corrected chi connectivity index (χ3v) is 4.83. The van der Waals surface area contributed by atoms with Gasteiger partial charge in [-0.1, -0.05) is 39.3 Å². The van der Waals surface area contributed by atoms with Crippen molar-refractivity contribution in [2.24, 2.45) is 11.3 Å². The van der Waals surface area contributed by atoms with Gasteiger partial charge in [0.25, 0.3) is 0 Å². The summed E-state index contributed by atoms with van der Waals surface area (Å²) in [5.74, 6) is 0.598. The van der Waals surface area contributed by atoms with Crippen LogP contribution < -0.4 is 0 Å². The molecule has 2 atom stereocenters. The summed E-state index contributed by atoms with van der Waals surface area (Å²) in [6.45, 7) is 9.01. The van der Waals surface area contributed by atoms with Crippen molar-refractivity contribution >= 4 is 34.5 Å². The Balaban J connectivity index is 2.60. The minimum atomic E-state index is 0.0942. The molecule has 86 valence electrons. The van der Waals surface area contributed by atoms with E-state index >= 15 is 0 Å². The average molecular weight is 265 g/mol. The van der Waals surface area contributed by atoms with Crippen molar-refractivity contribution in [1.82, 2.24) is 0 Å². The van der Waals surface area contributed by atoms with Crippen molar-refractivity contribution in [3.63, 3.8) is 0 Å². The molecule has 0 amide bonds. The van der Waals surface area contributed by atoms with Gasteiger partial charge in [-0.05, 0) is 29.9 Å². The molecular weight excluding hydrogens is 247 g/mol. The maximum Gasteiger partial charge on any atom is 0.0931 e. The Hall–Kier alpha value is 0.280. The predicted molar refractivity (Wildman–Crippen MR) is 71.2 cm³/mol. The molecule has 1 aromatic rings. The van der Waals surface area contributed by atoms with Gasteiger partial charge in [-0.2, -0.15) is 0 Å². The van der Waals surface area contributed by atoms with Crippen molar-refractivity contribution in [1.29, 1.82) is 0 Å². The molecule has 0 aliphatic carbocycles. The molecule has 0 aliphatic heterocycles. The van der Waals surface area contributed by atoms with E-state index in [0.717, 1.165) is 10.8 Å². The fourth-order valence-electron chi connectivity index (χ4n) is 1.28. The molecule has 2 unspecified atom stereocenters. The Morgan fingerprint density at radius 1 is 1.33 bits per heavy atom. The number of rotatable bonds is 3. The summed E-state index contributed by atoms with van der Waals surface area (Å²) < 4.78 is 0.819. The second-order valence-corrected chi connectivity index (χ2v) is 7.39. The lowest BCUT2D eigenvalue weighted by atomic mass is 9.79. The fourth-order valence-corrected chi connectivity index (χ4v) is 2.80. The zero-order valence-electron chi connectivity index (χ0n) is 9.68. The molecule has 0 saturated carbocycles. The Kier molecular flexibility index (Phi) is 4.51. The zero-order valence-corrected chi connectivity index (χ0v) is 12.0. The predicted octanol–water partition coefficient (Wildman–Crippen LogP) is 5.75. The highest BCUT2D eigenvalue weighted by molar-refractivity contribution is 7.16. The summed E-state index contributed by atoms with van der Waals surface area (Å²) >= 11 is 13.8. The monoisotopic (exact) mass is 264 g/mol. The molecule has 0 nitrogen and oxygen atoms in total. The van der Waals surface area contributed by atoms with Crippen molar-refractivity contribution < 1.29 is 0 Å². The summed E-state index contributed by atoms with van der Waals surface area (Å²) in [4.78, 5) is 1.18. The molecule has 0 radical (unpaired) electrons. The van der Waals surface area contributed by atoms with Crippen LogP contribution in [0.2, 0.25) is 4.34 Å². The van der Waals surface area contributed by atoms with Crippen LogP contribution in [0.3, 0.4) is 0 Å². The standard InChI is InChI=1S/C12H18Cl2S/c1-8(12(2,3)4)7-9(13)10-5-6-11(14)15-10/h5-6,8-9H,7H2,1-4H3. The molecule has 3 heteroatoms. The molecule has 1 rings (SSSR count). The first-order valence-electron chi connectivity index (χ1n) is 5.20. The van der Waals surface area contributed by atoms with E-state index in [1.54, 1.807) is 11.3 Å². The van der Waals surface area contributed by atoms with E-state index < -0.39 is 0 Å². The first-order valence-corrected chi connectivity index (χ1v) is 6.83. The zero-order chi connectivity index (χ0) is 11.6. The van der Waals surface area contributed by atoms with Crippen molar-refractivity contribution in [2.75, 3.05) is 0 Å². The molecule has 0 N–H and O–H groups in total. The highest BCUT2D eigenvalue weighted by Crippen LogP contribution is 2.39. The molecule has 0 saturated heterocycles. The third-order valence-electron chi connectivity index (χ3n) is 2.94. The number of hydrogen-bond donors (Lipinski definition) is 0. The van der Waals surface area contributed by atoms with Crippen molar-refractivity contribution in [3.8, 4) is 0 Å². The van der Waals surface area contributed by atoms with Gasteiger partial charge in [-0.25, -0.2) is 0 Å². The quantitative estimate of drug-likeness (QED) is 0.610. The number of halogens is 2. The highest BCUT2D eigenvalue weighted by atomic mass is 35.5. The number of hydrogen-bond acceptors (Lipinski definition) is 1. The van der Waals surface area contributed by atoms with E-state index in [4.69, 9.17) is 23.2 Å². The van der Waals surface area contributed by atoms with Gasteiger partial charge in [-0.3, -0.25) is 0 Å². The van der Waals surface area contributed by atoms with Gasteiger partial charge in [0.1, 0.15) is 0 Å². The molecule has 0 spiro atoms. The van der Waals surface area contributed by atoms with Crippen LogP contribution in [0.4, 0.5) is 0 Å². The van der Waals surface area contributed by atoms with Gasteiger partial charge in [-0.15, -0.1) is 22.9 Å². The molecule has 0 aliphatic rings. The first-order chi connectivity index (χ1) is 6.80. The largest absolute Gasteiger partial charge is 0.127 e. The summed E-state index contributed by atoms with van der Waals surface area (Å²) in [7, 11) is 0. The van der Waals surface area contributed by atoms with Crippen LogP contribution in [-0.2, 0) is 0 Å². The van der Waals surface area contributed by atoms with E-state index in [9.17, 15) is 0 Å². The van der Waals surface area contributed by atoms with Crippen LogP contribution in [0.5, 0.6) is 0 Å². The summed E-state index contributed by atoms with van der Waals surface area (Å²) in [5, 5.41) is 0.0942. The summed E-state index contributed by atoms with van der Waals surface area (Å²) in [6.07, 6.45) is 1.00. The second kappa shape index (κ2) is 5.07. The molecule has 1 heterocycles. The van der Waals surface area contributed by atoms with Crippen LogP contribution in [0.25, 0.3) is 0 Å². The average Bonchev–Trinajstić information content (AvgIpc) is 2.50. The Labute approximate surface area is 107 Å². The third kappa shape index (κ3) is 3.97. The van der Waals surface area contributed by atoms with Crippen LogP contribution in [-0.4, -0.2) is 0 Å². The van der Waals surface area contributed by atoms with E-state index in [1.807, 2.05) is 12.1 Å². The second-order valence-electron chi connectivity index (χ2n) is 5.11. The van der Waals surface area contributed by atoms with E-state index in [1.165, 1.54) is 4.88 Å². The topological polar surface area (TPSA) is 0 Å². The van der Waals surface area contributed by atoms with Crippen LogP contribution in [0.1, 0.15) is 44.4 Å².